The van der Waals surface area contributed by atoms with Gasteiger partial charge in [0.05, 0.1) is 6.61 Å². The molecule has 1 amide bonds. The summed E-state index contributed by atoms with van der Waals surface area (Å²) in [5, 5.41) is 0. The molecule has 0 aromatic carbocycles. The topological polar surface area (TPSA) is 68.6 Å². The van der Waals surface area contributed by atoms with E-state index in [1.807, 2.05) is 30.4 Å². The summed E-state index contributed by atoms with van der Waals surface area (Å²) in [6.07, 6.45) is 17.0. The van der Waals surface area contributed by atoms with E-state index in [9.17, 15) is 14.4 Å². The maximum Gasteiger partial charge on any atom is 0.305 e. The van der Waals surface area contributed by atoms with Crippen LogP contribution in [0, 0.1) is 11.3 Å². The molecule has 0 radical (unpaired) electrons. The Kier molecular flexibility index (Phi) is 9.54. The van der Waals surface area contributed by atoms with Crippen LogP contribution in [0.3, 0.4) is 0 Å². The summed E-state index contributed by atoms with van der Waals surface area (Å²) in [6, 6.07) is 0. The Balaban J connectivity index is 1.40. The minimum Gasteiger partial charge on any atom is -0.466 e. The summed E-state index contributed by atoms with van der Waals surface area (Å²) in [4.78, 5) is 41.1. The highest BCUT2D eigenvalue weighted by atomic mass is 16.5. The summed E-state index contributed by atoms with van der Waals surface area (Å²) in [5.41, 5.74) is 4.90. The van der Waals surface area contributed by atoms with Crippen LogP contribution in [0.25, 0.3) is 6.08 Å². The second-order valence-corrected chi connectivity index (χ2v) is 12.4. The third-order valence-corrected chi connectivity index (χ3v) is 8.96. The molecule has 1 atom stereocenters. The lowest BCUT2D eigenvalue weighted by Crippen LogP contribution is -2.40. The average Bonchev–Trinajstić information content (AvgIpc) is 3.22. The van der Waals surface area contributed by atoms with Gasteiger partial charge in [-0.1, -0.05) is 59.3 Å². The quantitative estimate of drug-likeness (QED) is 0.230. The lowest BCUT2D eigenvalue weighted by atomic mass is 9.80. The van der Waals surface area contributed by atoms with Gasteiger partial charge < -0.3 is 9.64 Å². The van der Waals surface area contributed by atoms with Crippen LogP contribution in [0.4, 0.5) is 0 Å². The molecule has 0 bridgehead atoms. The number of carbonyl (C=O) groups is 3. The molecule has 0 N–H and O–H groups in total. The molecule has 6 nitrogen and oxygen atoms in total. The zero-order valence-electron chi connectivity index (χ0n) is 24.2. The first-order chi connectivity index (χ1) is 18.2. The van der Waals surface area contributed by atoms with E-state index in [4.69, 9.17) is 4.74 Å². The molecule has 1 aromatic heterocycles. The molecule has 38 heavy (non-hydrogen) atoms. The Morgan fingerprint density at radius 1 is 1.03 bits per heavy atom. The Morgan fingerprint density at radius 3 is 2.50 bits per heavy atom. The lowest BCUT2D eigenvalue weighted by molar-refractivity contribution is -0.144. The fraction of sp³-hybridized carbons (Fsp3) is 0.719. The number of hydrogen-bond donors (Lipinski definition) is 0. The van der Waals surface area contributed by atoms with Gasteiger partial charge in [-0.25, -0.2) is 0 Å². The molecule has 1 aliphatic heterocycles. The van der Waals surface area contributed by atoms with Crippen molar-refractivity contribution in [2.45, 2.75) is 117 Å². The van der Waals surface area contributed by atoms with Gasteiger partial charge >= 0.3 is 5.97 Å². The van der Waals surface area contributed by atoms with E-state index in [2.05, 4.69) is 13.0 Å². The van der Waals surface area contributed by atoms with Crippen LogP contribution in [0.15, 0.2) is 5.57 Å². The van der Waals surface area contributed by atoms with Crippen molar-refractivity contribution >= 4 is 23.9 Å². The summed E-state index contributed by atoms with van der Waals surface area (Å²) in [7, 11) is 1.88. The average molecular weight is 525 g/mol. The number of hydrogen-bond acceptors (Lipinski definition) is 4. The molecule has 0 saturated carbocycles. The number of likely N-dealkylation sites (N-methyl/N-ethyl adjacent to an activating group) is 1. The third kappa shape index (κ3) is 6.26. The summed E-state index contributed by atoms with van der Waals surface area (Å²) >= 11 is 0. The number of fused-ring (bicyclic) bond motifs is 4. The highest BCUT2D eigenvalue weighted by Gasteiger charge is 2.40. The molecule has 210 valence electrons. The molecule has 1 aromatic rings. The van der Waals surface area contributed by atoms with Gasteiger partial charge in [-0.3, -0.25) is 19.0 Å². The molecule has 6 heteroatoms. The van der Waals surface area contributed by atoms with E-state index in [0.29, 0.717) is 12.8 Å². The Morgan fingerprint density at radius 2 is 1.74 bits per heavy atom. The van der Waals surface area contributed by atoms with E-state index >= 15 is 0 Å². The van der Waals surface area contributed by atoms with E-state index in [0.717, 1.165) is 80.4 Å². The van der Waals surface area contributed by atoms with Gasteiger partial charge in [0.1, 0.15) is 0 Å². The molecule has 1 saturated heterocycles. The number of ether oxygens (including phenoxy) is 1. The number of nitrogens with zero attached hydrogens (tertiary/aromatic N) is 2. The zero-order valence-corrected chi connectivity index (χ0v) is 24.2. The smallest absolute Gasteiger partial charge is 0.305 e. The monoisotopic (exact) mass is 524 g/mol. The number of carbonyl (C=O) groups excluding carboxylic acids is 3. The number of likely N-dealkylation sites (tertiary alicyclic amines) is 1. The maximum atomic E-state index is 14.1. The van der Waals surface area contributed by atoms with Gasteiger partial charge in [0.2, 0.25) is 11.8 Å². The van der Waals surface area contributed by atoms with Crippen molar-refractivity contribution in [2.75, 3.05) is 20.2 Å². The van der Waals surface area contributed by atoms with Gasteiger partial charge in [0.25, 0.3) is 0 Å². The number of aromatic nitrogens is 1. The summed E-state index contributed by atoms with van der Waals surface area (Å²) < 4.78 is 7.57. The highest BCUT2D eigenvalue weighted by Crippen LogP contribution is 2.42. The molecule has 0 spiro atoms. The molecule has 1 fully saturated rings. The Bertz CT molecular complexity index is 1060. The van der Waals surface area contributed by atoms with Crippen molar-refractivity contribution in [3.05, 3.63) is 28.1 Å². The minimum absolute atomic E-state index is 0.0936. The standard InChI is InChI=1S/C32H48N2O4/c1-5-6-7-8-9-10-11-16-29(35)38-20-18-32(2,3)31(37)34-27-15-13-12-14-24(27)26-22-25-23(21-28(26)34)17-19-33(4)30(25)36/h22-23H,5-21H2,1-4H3. The first kappa shape index (κ1) is 28.6. The molecule has 2 aliphatic carbocycles. The second kappa shape index (κ2) is 12.7. The lowest BCUT2D eigenvalue weighted by Gasteiger charge is -2.34. The van der Waals surface area contributed by atoms with Crippen LogP contribution in [0.2, 0.25) is 0 Å². The highest BCUT2D eigenvalue weighted by molar-refractivity contribution is 6.00. The second-order valence-electron chi connectivity index (χ2n) is 12.4. The number of amides is 1. The molecule has 2 heterocycles. The van der Waals surface area contributed by atoms with Crippen LogP contribution in [-0.2, 0) is 33.6 Å². The third-order valence-electron chi connectivity index (χ3n) is 8.96. The fourth-order valence-corrected chi connectivity index (χ4v) is 6.41. The van der Waals surface area contributed by atoms with Crippen molar-refractivity contribution in [3.8, 4) is 0 Å². The Labute approximate surface area is 229 Å². The predicted octanol–water partition coefficient (Wildman–Crippen LogP) is 6.53. The first-order valence-corrected chi connectivity index (χ1v) is 15.2. The van der Waals surface area contributed by atoms with Crippen LogP contribution < -0.4 is 0 Å². The van der Waals surface area contributed by atoms with Gasteiger partial charge in [-0.15, -0.1) is 0 Å². The molecular weight excluding hydrogens is 476 g/mol. The number of piperidine rings is 1. The van der Waals surface area contributed by atoms with Crippen LogP contribution >= 0.6 is 0 Å². The zero-order chi connectivity index (χ0) is 27.3. The van der Waals surface area contributed by atoms with Crippen LogP contribution in [-0.4, -0.2) is 47.4 Å². The van der Waals surface area contributed by atoms with Crippen molar-refractivity contribution in [1.82, 2.24) is 9.47 Å². The van der Waals surface area contributed by atoms with E-state index in [1.165, 1.54) is 37.7 Å². The van der Waals surface area contributed by atoms with Crippen molar-refractivity contribution in [3.63, 3.8) is 0 Å². The molecule has 3 aliphatic rings. The van der Waals surface area contributed by atoms with Crippen LogP contribution in [0.5, 0.6) is 0 Å². The largest absolute Gasteiger partial charge is 0.466 e. The van der Waals surface area contributed by atoms with Gasteiger partial charge in [-0.05, 0) is 74.5 Å². The number of esters is 1. The van der Waals surface area contributed by atoms with Gasteiger partial charge in [0, 0.05) is 42.4 Å². The van der Waals surface area contributed by atoms with E-state index < -0.39 is 5.41 Å². The summed E-state index contributed by atoms with van der Waals surface area (Å²) in [6.45, 7) is 7.21. The molecule has 4 rings (SSSR count). The summed E-state index contributed by atoms with van der Waals surface area (Å²) in [5.74, 6) is 0.261. The number of rotatable bonds is 12. The first-order valence-electron chi connectivity index (χ1n) is 15.2. The van der Waals surface area contributed by atoms with Crippen LogP contribution in [0.1, 0.15) is 125 Å². The van der Waals surface area contributed by atoms with E-state index in [-0.39, 0.29) is 30.3 Å². The van der Waals surface area contributed by atoms with Crippen molar-refractivity contribution in [2.24, 2.45) is 11.3 Å². The van der Waals surface area contributed by atoms with Crippen molar-refractivity contribution < 1.29 is 19.1 Å². The van der Waals surface area contributed by atoms with Gasteiger partial charge in [0.15, 0.2) is 0 Å². The fourth-order valence-electron chi connectivity index (χ4n) is 6.41. The number of unbranched alkanes of at least 4 members (excludes halogenated alkanes) is 6. The van der Waals surface area contributed by atoms with Gasteiger partial charge in [-0.2, -0.15) is 0 Å². The maximum absolute atomic E-state index is 14.1. The minimum atomic E-state index is -0.649. The molecular formula is C32H48N2O4. The van der Waals surface area contributed by atoms with E-state index in [1.54, 1.807) is 0 Å². The van der Waals surface area contributed by atoms with Crippen molar-refractivity contribution in [1.29, 1.82) is 0 Å². The predicted molar refractivity (Wildman–Crippen MR) is 151 cm³/mol. The Hall–Kier alpha value is -2.37. The normalized spacial score (nSPS) is 18.9. The molecule has 1 unspecified atom stereocenters. The SMILES string of the molecule is CCCCCCCCCC(=O)OCCC(C)(C)C(=O)n1c2c(c3c1CCCC3)C=C1C(=O)N(C)CCC1C2.